The highest BCUT2D eigenvalue weighted by molar-refractivity contribution is 5.27. The molecule has 0 saturated heterocycles. The van der Waals surface area contributed by atoms with Crippen LogP contribution in [0.1, 0.15) is 51.6 Å². The van der Waals surface area contributed by atoms with Crippen LogP contribution in [0.25, 0.3) is 0 Å². The average Bonchev–Trinajstić information content (AvgIpc) is 2.85. The monoisotopic (exact) mass is 251 g/mol. The van der Waals surface area contributed by atoms with Crippen LogP contribution in [0.3, 0.4) is 0 Å². The van der Waals surface area contributed by atoms with Crippen molar-refractivity contribution in [2.75, 3.05) is 11.9 Å². The second-order valence-electron chi connectivity index (χ2n) is 5.56. The summed E-state index contributed by atoms with van der Waals surface area (Å²) in [4.78, 5) is 6.76. The maximum Gasteiger partial charge on any atom is 0.297 e. The van der Waals surface area contributed by atoms with Crippen LogP contribution in [-0.2, 0) is 6.54 Å². The third kappa shape index (κ3) is 3.48. The van der Waals surface area contributed by atoms with E-state index >= 15 is 0 Å². The lowest BCUT2D eigenvalue weighted by molar-refractivity contribution is 0.405. The van der Waals surface area contributed by atoms with Gasteiger partial charge in [-0.25, -0.2) is 0 Å². The SMILES string of the molecule is CC(C)NCc1coc(N(C)C2CCCCC2)n1. The van der Waals surface area contributed by atoms with Gasteiger partial charge in [0.05, 0.1) is 5.69 Å². The lowest BCUT2D eigenvalue weighted by Gasteiger charge is -2.29. The minimum Gasteiger partial charge on any atom is -0.432 e. The number of nitrogens with one attached hydrogen (secondary N) is 1. The van der Waals surface area contributed by atoms with Gasteiger partial charge in [0, 0.05) is 25.7 Å². The molecule has 102 valence electrons. The summed E-state index contributed by atoms with van der Waals surface area (Å²) in [5.41, 5.74) is 0.987. The van der Waals surface area contributed by atoms with Crippen LogP contribution < -0.4 is 10.2 Å². The van der Waals surface area contributed by atoms with E-state index in [1.54, 1.807) is 6.26 Å². The van der Waals surface area contributed by atoms with Crippen molar-refractivity contribution in [3.05, 3.63) is 12.0 Å². The Labute approximate surface area is 110 Å². The van der Waals surface area contributed by atoms with Crippen LogP contribution in [0, 0.1) is 0 Å². The zero-order chi connectivity index (χ0) is 13.0. The first-order valence-electron chi connectivity index (χ1n) is 7.07. The van der Waals surface area contributed by atoms with E-state index < -0.39 is 0 Å². The maximum atomic E-state index is 5.59. The molecule has 1 N–H and O–H groups in total. The van der Waals surface area contributed by atoms with Crippen LogP contribution in [0.4, 0.5) is 6.01 Å². The van der Waals surface area contributed by atoms with Crippen molar-refractivity contribution in [2.45, 2.75) is 64.6 Å². The molecular weight excluding hydrogens is 226 g/mol. The summed E-state index contributed by atoms with van der Waals surface area (Å²) in [5, 5.41) is 3.35. The largest absolute Gasteiger partial charge is 0.432 e. The smallest absolute Gasteiger partial charge is 0.297 e. The van der Waals surface area contributed by atoms with E-state index in [1.165, 1.54) is 32.1 Å². The normalized spacial score (nSPS) is 17.3. The fourth-order valence-electron chi connectivity index (χ4n) is 2.47. The predicted octanol–water partition coefficient (Wildman–Crippen LogP) is 2.94. The van der Waals surface area contributed by atoms with Gasteiger partial charge in [-0.1, -0.05) is 33.1 Å². The van der Waals surface area contributed by atoms with Crippen LogP contribution >= 0.6 is 0 Å². The summed E-state index contributed by atoms with van der Waals surface area (Å²) in [7, 11) is 2.10. The molecule has 0 unspecified atom stereocenters. The van der Waals surface area contributed by atoms with E-state index in [-0.39, 0.29) is 0 Å². The molecule has 1 aliphatic rings. The first-order valence-corrected chi connectivity index (χ1v) is 7.07. The summed E-state index contributed by atoms with van der Waals surface area (Å²) in [6, 6.07) is 1.84. The Morgan fingerprint density at radius 3 is 2.78 bits per heavy atom. The molecule has 4 heteroatoms. The summed E-state index contributed by atoms with van der Waals surface area (Å²) in [6.07, 6.45) is 8.33. The number of hydrogen-bond acceptors (Lipinski definition) is 4. The third-order valence-corrected chi connectivity index (χ3v) is 3.66. The highest BCUT2D eigenvalue weighted by atomic mass is 16.4. The molecule has 2 rings (SSSR count). The zero-order valence-corrected chi connectivity index (χ0v) is 11.8. The molecule has 4 nitrogen and oxygen atoms in total. The van der Waals surface area contributed by atoms with E-state index in [0.29, 0.717) is 12.1 Å². The predicted molar refractivity (Wildman–Crippen MR) is 73.8 cm³/mol. The van der Waals surface area contributed by atoms with Crippen molar-refractivity contribution in [3.8, 4) is 0 Å². The highest BCUT2D eigenvalue weighted by Gasteiger charge is 2.21. The van der Waals surface area contributed by atoms with Crippen molar-refractivity contribution in [3.63, 3.8) is 0 Å². The van der Waals surface area contributed by atoms with E-state index in [1.807, 2.05) is 0 Å². The summed E-state index contributed by atoms with van der Waals surface area (Å²) in [5.74, 6) is 0. The van der Waals surface area contributed by atoms with Gasteiger partial charge in [-0.2, -0.15) is 4.98 Å². The molecule has 18 heavy (non-hydrogen) atoms. The highest BCUT2D eigenvalue weighted by Crippen LogP contribution is 2.25. The molecule has 0 amide bonds. The van der Waals surface area contributed by atoms with Crippen molar-refractivity contribution in [2.24, 2.45) is 0 Å². The number of aromatic nitrogens is 1. The Kier molecular flexibility index (Phi) is 4.64. The molecule has 0 bridgehead atoms. The number of nitrogens with zero attached hydrogens (tertiary/aromatic N) is 2. The van der Waals surface area contributed by atoms with Gasteiger partial charge < -0.3 is 14.6 Å². The first-order chi connectivity index (χ1) is 8.66. The molecule has 1 fully saturated rings. The second kappa shape index (κ2) is 6.23. The van der Waals surface area contributed by atoms with Gasteiger partial charge >= 0.3 is 0 Å². The van der Waals surface area contributed by atoms with Crippen LogP contribution in [0.2, 0.25) is 0 Å². The van der Waals surface area contributed by atoms with E-state index in [9.17, 15) is 0 Å². The van der Waals surface area contributed by atoms with Gasteiger partial charge in [-0.05, 0) is 12.8 Å². The van der Waals surface area contributed by atoms with E-state index in [0.717, 1.165) is 18.3 Å². The van der Waals surface area contributed by atoms with Gasteiger partial charge in [0.25, 0.3) is 6.01 Å². The maximum absolute atomic E-state index is 5.59. The molecule has 0 radical (unpaired) electrons. The molecule has 1 heterocycles. The fourth-order valence-corrected chi connectivity index (χ4v) is 2.47. The Morgan fingerprint density at radius 1 is 1.39 bits per heavy atom. The number of oxazole rings is 1. The molecule has 0 aromatic carbocycles. The molecule has 0 atom stereocenters. The fraction of sp³-hybridized carbons (Fsp3) is 0.786. The Bertz CT molecular complexity index is 356. The number of anilines is 1. The zero-order valence-electron chi connectivity index (χ0n) is 11.8. The summed E-state index contributed by atoms with van der Waals surface area (Å²) in [6.45, 7) is 5.05. The molecule has 1 aromatic rings. The van der Waals surface area contributed by atoms with Crippen molar-refractivity contribution in [1.82, 2.24) is 10.3 Å². The second-order valence-corrected chi connectivity index (χ2v) is 5.56. The van der Waals surface area contributed by atoms with Gasteiger partial charge in [-0.3, -0.25) is 0 Å². The minimum atomic E-state index is 0.473. The van der Waals surface area contributed by atoms with Crippen molar-refractivity contribution < 1.29 is 4.42 Å². The van der Waals surface area contributed by atoms with Crippen LogP contribution in [0.5, 0.6) is 0 Å². The van der Waals surface area contributed by atoms with E-state index in [2.05, 4.69) is 36.1 Å². The van der Waals surface area contributed by atoms with Gasteiger partial charge in [0.2, 0.25) is 0 Å². The van der Waals surface area contributed by atoms with Crippen molar-refractivity contribution in [1.29, 1.82) is 0 Å². The molecule has 0 spiro atoms. The third-order valence-electron chi connectivity index (χ3n) is 3.66. The first kappa shape index (κ1) is 13.4. The average molecular weight is 251 g/mol. The molecule has 1 aliphatic carbocycles. The summed E-state index contributed by atoms with van der Waals surface area (Å²) >= 11 is 0. The quantitative estimate of drug-likeness (QED) is 0.873. The van der Waals surface area contributed by atoms with Gasteiger partial charge in [0.15, 0.2) is 0 Å². The van der Waals surface area contributed by atoms with Crippen LogP contribution in [0.15, 0.2) is 10.7 Å². The molecular formula is C14H25N3O. The number of rotatable bonds is 5. The van der Waals surface area contributed by atoms with Crippen molar-refractivity contribution >= 4 is 6.01 Å². The number of hydrogen-bond donors (Lipinski definition) is 1. The van der Waals surface area contributed by atoms with E-state index in [4.69, 9.17) is 4.42 Å². The Hall–Kier alpha value is -1.03. The lowest BCUT2D eigenvalue weighted by atomic mass is 9.95. The Morgan fingerprint density at radius 2 is 2.11 bits per heavy atom. The Balaban J connectivity index is 1.91. The molecule has 0 aliphatic heterocycles. The molecule has 1 saturated carbocycles. The standard InChI is InChI=1S/C14H25N3O/c1-11(2)15-9-12-10-18-14(16-12)17(3)13-7-5-4-6-8-13/h10-11,13,15H,4-9H2,1-3H3. The van der Waals surface area contributed by atoms with Gasteiger partial charge in [0.1, 0.15) is 6.26 Å². The lowest BCUT2D eigenvalue weighted by Crippen LogP contribution is -2.33. The van der Waals surface area contributed by atoms with Gasteiger partial charge in [-0.15, -0.1) is 0 Å². The van der Waals surface area contributed by atoms with Crippen LogP contribution in [-0.4, -0.2) is 24.1 Å². The summed E-state index contributed by atoms with van der Waals surface area (Å²) < 4.78 is 5.59. The minimum absolute atomic E-state index is 0.473. The topological polar surface area (TPSA) is 41.3 Å². The molecule has 1 aromatic heterocycles.